The quantitative estimate of drug-likeness (QED) is 0.528. The van der Waals surface area contributed by atoms with Gasteiger partial charge in [-0.25, -0.2) is 4.79 Å². The number of alkyl carbamates (subject to hydrolysis) is 1. The highest BCUT2D eigenvalue weighted by atomic mass is 16.5. The molecule has 30 heavy (non-hydrogen) atoms. The number of benzene rings is 2. The van der Waals surface area contributed by atoms with Gasteiger partial charge in [0.1, 0.15) is 18.7 Å². The smallest absolute Gasteiger partial charge is 0.408 e. The van der Waals surface area contributed by atoms with Gasteiger partial charge in [-0.3, -0.25) is 9.59 Å². The van der Waals surface area contributed by atoms with E-state index in [1.54, 1.807) is 0 Å². The minimum absolute atomic E-state index is 0.0900. The maximum absolute atomic E-state index is 12.8. The lowest BCUT2D eigenvalue weighted by molar-refractivity contribution is -0.128. The molecule has 2 aromatic carbocycles. The lowest BCUT2D eigenvalue weighted by Crippen LogP contribution is -2.53. The van der Waals surface area contributed by atoms with Crippen LogP contribution in [0.25, 0.3) is 0 Å². The summed E-state index contributed by atoms with van der Waals surface area (Å²) in [4.78, 5) is 36.9. The van der Waals surface area contributed by atoms with Crippen molar-refractivity contribution in [3.63, 3.8) is 0 Å². The van der Waals surface area contributed by atoms with Crippen LogP contribution in [0.2, 0.25) is 0 Å². The van der Waals surface area contributed by atoms with E-state index in [9.17, 15) is 14.4 Å². The lowest BCUT2D eigenvalue weighted by Gasteiger charge is -2.22. The average Bonchev–Trinajstić information content (AvgIpc) is 2.76. The minimum atomic E-state index is -0.904. The standard InChI is InChI=1S/C23H29N3O4/c1-2-3-14-19(21(24)27)25-22(28)20(15-17-10-6-4-7-11-17)26-23(29)30-16-18-12-8-5-9-13-18/h4-13,19-20H,2-3,14-16H2,1H3,(H2,24,27)(H,25,28)(H,26,29)/t19-,20?/m0/s1. The summed E-state index contributed by atoms with van der Waals surface area (Å²) in [6.45, 7) is 2.08. The molecule has 2 atom stereocenters. The van der Waals surface area contributed by atoms with Crippen LogP contribution in [0, 0.1) is 0 Å². The molecule has 1 unspecified atom stereocenters. The fourth-order valence-electron chi connectivity index (χ4n) is 2.93. The Balaban J connectivity index is 2.04. The zero-order valence-corrected chi connectivity index (χ0v) is 17.2. The fraction of sp³-hybridized carbons (Fsp3) is 0.348. The van der Waals surface area contributed by atoms with E-state index in [4.69, 9.17) is 10.5 Å². The Morgan fingerprint density at radius 1 is 0.900 bits per heavy atom. The van der Waals surface area contributed by atoms with Crippen molar-refractivity contribution >= 4 is 17.9 Å². The van der Waals surface area contributed by atoms with Crippen molar-refractivity contribution < 1.29 is 19.1 Å². The topological polar surface area (TPSA) is 111 Å². The molecule has 0 saturated heterocycles. The first-order valence-corrected chi connectivity index (χ1v) is 10.1. The third-order valence-corrected chi connectivity index (χ3v) is 4.61. The summed E-state index contributed by atoms with van der Waals surface area (Å²) in [6, 6.07) is 16.9. The predicted octanol–water partition coefficient (Wildman–Crippen LogP) is 2.68. The molecule has 0 heterocycles. The summed E-state index contributed by atoms with van der Waals surface area (Å²) >= 11 is 0. The second kappa shape index (κ2) is 12.3. The van der Waals surface area contributed by atoms with Crippen LogP contribution in [0.4, 0.5) is 4.79 Å². The summed E-state index contributed by atoms with van der Waals surface area (Å²) in [5.41, 5.74) is 7.13. The van der Waals surface area contributed by atoms with E-state index < -0.39 is 30.0 Å². The van der Waals surface area contributed by atoms with Crippen molar-refractivity contribution in [1.82, 2.24) is 10.6 Å². The van der Waals surface area contributed by atoms with Gasteiger partial charge in [0.05, 0.1) is 0 Å². The second-order valence-electron chi connectivity index (χ2n) is 7.05. The van der Waals surface area contributed by atoms with Crippen LogP contribution < -0.4 is 16.4 Å². The third-order valence-electron chi connectivity index (χ3n) is 4.61. The SMILES string of the molecule is CCCC[C@H](NC(=O)C(Cc1ccccc1)NC(=O)OCc1ccccc1)C(N)=O. The molecule has 3 amide bonds. The van der Waals surface area contributed by atoms with Gasteiger partial charge in [-0.05, 0) is 17.5 Å². The van der Waals surface area contributed by atoms with E-state index in [0.29, 0.717) is 6.42 Å². The Bertz CT molecular complexity index is 812. The van der Waals surface area contributed by atoms with E-state index in [1.807, 2.05) is 67.6 Å². The zero-order chi connectivity index (χ0) is 21.8. The molecule has 0 aliphatic rings. The molecule has 0 radical (unpaired) electrons. The molecule has 2 aromatic rings. The molecule has 2 rings (SSSR count). The Kier molecular flexibility index (Phi) is 9.37. The van der Waals surface area contributed by atoms with Crippen molar-refractivity contribution in [2.75, 3.05) is 0 Å². The zero-order valence-electron chi connectivity index (χ0n) is 17.2. The molecule has 0 aliphatic heterocycles. The van der Waals surface area contributed by atoms with Crippen LogP contribution in [-0.2, 0) is 27.4 Å². The number of nitrogens with one attached hydrogen (secondary N) is 2. The van der Waals surface area contributed by atoms with Crippen molar-refractivity contribution in [3.8, 4) is 0 Å². The Hall–Kier alpha value is -3.35. The molecule has 7 heteroatoms. The van der Waals surface area contributed by atoms with Crippen molar-refractivity contribution in [3.05, 3.63) is 71.8 Å². The lowest BCUT2D eigenvalue weighted by atomic mass is 10.0. The Morgan fingerprint density at radius 3 is 2.07 bits per heavy atom. The third kappa shape index (κ3) is 7.95. The Labute approximate surface area is 177 Å². The normalized spacial score (nSPS) is 12.4. The summed E-state index contributed by atoms with van der Waals surface area (Å²) in [6.07, 6.45) is 1.63. The van der Waals surface area contributed by atoms with Crippen molar-refractivity contribution in [2.24, 2.45) is 5.73 Å². The van der Waals surface area contributed by atoms with Gasteiger partial charge in [-0.15, -0.1) is 0 Å². The molecule has 0 saturated carbocycles. The number of carbonyl (C=O) groups is 3. The molecule has 7 nitrogen and oxygen atoms in total. The highest BCUT2D eigenvalue weighted by Crippen LogP contribution is 2.07. The average molecular weight is 412 g/mol. The van der Waals surface area contributed by atoms with E-state index in [1.165, 1.54) is 0 Å². The number of hydrogen-bond acceptors (Lipinski definition) is 4. The van der Waals surface area contributed by atoms with Gasteiger partial charge in [-0.2, -0.15) is 0 Å². The molecule has 0 aromatic heterocycles. The Morgan fingerprint density at radius 2 is 1.50 bits per heavy atom. The molecule has 0 bridgehead atoms. The number of rotatable bonds is 11. The molecule has 0 fully saturated rings. The van der Waals surface area contributed by atoms with Gasteiger partial charge in [-0.1, -0.05) is 80.4 Å². The first kappa shape index (κ1) is 22.9. The highest BCUT2D eigenvalue weighted by molar-refractivity contribution is 5.90. The summed E-state index contributed by atoms with van der Waals surface area (Å²) < 4.78 is 5.24. The highest BCUT2D eigenvalue weighted by Gasteiger charge is 2.26. The van der Waals surface area contributed by atoms with E-state index in [2.05, 4.69) is 10.6 Å². The molecular weight excluding hydrogens is 382 g/mol. The number of hydrogen-bond donors (Lipinski definition) is 3. The number of nitrogens with two attached hydrogens (primary N) is 1. The number of amides is 3. The summed E-state index contributed by atoms with van der Waals surface area (Å²) in [5.74, 6) is -1.07. The minimum Gasteiger partial charge on any atom is -0.445 e. The summed E-state index contributed by atoms with van der Waals surface area (Å²) in [7, 11) is 0. The molecule has 0 aliphatic carbocycles. The first-order valence-electron chi connectivity index (χ1n) is 10.1. The van der Waals surface area contributed by atoms with Crippen molar-refractivity contribution in [2.45, 2.75) is 51.3 Å². The largest absolute Gasteiger partial charge is 0.445 e. The van der Waals surface area contributed by atoms with Gasteiger partial charge < -0.3 is 21.1 Å². The maximum Gasteiger partial charge on any atom is 0.408 e. The number of primary amides is 1. The van der Waals surface area contributed by atoms with Crippen LogP contribution in [0.5, 0.6) is 0 Å². The van der Waals surface area contributed by atoms with Gasteiger partial charge in [0, 0.05) is 6.42 Å². The second-order valence-corrected chi connectivity index (χ2v) is 7.05. The van der Waals surface area contributed by atoms with E-state index in [0.717, 1.165) is 24.0 Å². The molecular formula is C23H29N3O4. The van der Waals surface area contributed by atoms with Gasteiger partial charge in [0.15, 0.2) is 0 Å². The number of unbranched alkanes of at least 4 members (excludes halogenated alkanes) is 1. The molecule has 160 valence electrons. The molecule has 4 N–H and O–H groups in total. The van der Waals surface area contributed by atoms with Gasteiger partial charge in [0.25, 0.3) is 0 Å². The summed E-state index contributed by atoms with van der Waals surface area (Å²) in [5, 5.41) is 5.28. The molecule has 0 spiro atoms. The van der Waals surface area contributed by atoms with E-state index in [-0.39, 0.29) is 13.0 Å². The van der Waals surface area contributed by atoms with Crippen molar-refractivity contribution in [1.29, 1.82) is 0 Å². The number of ether oxygens (including phenoxy) is 1. The number of carbonyl (C=O) groups excluding carboxylic acids is 3. The predicted molar refractivity (Wildman–Crippen MR) is 114 cm³/mol. The van der Waals surface area contributed by atoms with Crippen LogP contribution >= 0.6 is 0 Å². The van der Waals surface area contributed by atoms with Crippen LogP contribution in [0.1, 0.15) is 37.3 Å². The first-order chi connectivity index (χ1) is 14.5. The van der Waals surface area contributed by atoms with Crippen LogP contribution in [-0.4, -0.2) is 30.0 Å². The monoisotopic (exact) mass is 411 g/mol. The maximum atomic E-state index is 12.8. The van der Waals surface area contributed by atoms with Gasteiger partial charge in [0.2, 0.25) is 11.8 Å². The van der Waals surface area contributed by atoms with Crippen LogP contribution in [0.15, 0.2) is 60.7 Å². The van der Waals surface area contributed by atoms with Gasteiger partial charge >= 0.3 is 6.09 Å². The van der Waals surface area contributed by atoms with Crippen LogP contribution in [0.3, 0.4) is 0 Å². The van der Waals surface area contributed by atoms with E-state index >= 15 is 0 Å². The fourth-order valence-corrected chi connectivity index (χ4v) is 2.93.